The number of benzene rings is 2. The summed E-state index contributed by atoms with van der Waals surface area (Å²) in [5, 5.41) is 3.51. The van der Waals surface area contributed by atoms with E-state index in [4.69, 9.17) is 13.9 Å². The second kappa shape index (κ2) is 7.61. The van der Waals surface area contributed by atoms with Crippen molar-refractivity contribution in [2.75, 3.05) is 25.2 Å². The molecule has 1 aromatic heterocycles. The predicted octanol–water partition coefficient (Wildman–Crippen LogP) is 4.10. The van der Waals surface area contributed by atoms with E-state index in [-0.39, 0.29) is 35.9 Å². The maximum absolute atomic E-state index is 14.0. The third-order valence-corrected chi connectivity index (χ3v) is 5.90. The molecule has 1 N–H and O–H groups in total. The highest BCUT2D eigenvalue weighted by atomic mass is 19.1. The van der Waals surface area contributed by atoms with Crippen molar-refractivity contribution in [3.8, 4) is 11.5 Å². The number of nitrogens with one attached hydrogen (secondary N) is 1. The highest BCUT2D eigenvalue weighted by molar-refractivity contribution is 5.99. The number of hydrogen-bond acceptors (Lipinski definition) is 5. The van der Waals surface area contributed by atoms with Crippen molar-refractivity contribution in [1.29, 1.82) is 0 Å². The van der Waals surface area contributed by atoms with Crippen LogP contribution >= 0.6 is 0 Å². The zero-order valence-corrected chi connectivity index (χ0v) is 16.9. The van der Waals surface area contributed by atoms with Crippen molar-refractivity contribution in [2.24, 2.45) is 5.92 Å². The molecule has 0 saturated carbocycles. The number of halogens is 1. The number of carbonyl (C=O) groups excluding carboxylic acids is 2. The summed E-state index contributed by atoms with van der Waals surface area (Å²) < 4.78 is 30.2. The van der Waals surface area contributed by atoms with E-state index in [2.05, 4.69) is 5.32 Å². The van der Waals surface area contributed by atoms with Gasteiger partial charge in [0.2, 0.25) is 12.7 Å². The third-order valence-electron chi connectivity index (χ3n) is 5.90. The Kier molecular flexibility index (Phi) is 4.77. The molecule has 160 valence electrons. The largest absolute Gasteiger partial charge is 0.454 e. The number of nitrogens with zero attached hydrogens (tertiary/aromatic N) is 1. The first-order chi connectivity index (χ1) is 15.0. The maximum Gasteiger partial charge on any atom is 0.289 e. The van der Waals surface area contributed by atoms with Crippen molar-refractivity contribution in [1.82, 2.24) is 4.90 Å². The maximum atomic E-state index is 14.0. The summed E-state index contributed by atoms with van der Waals surface area (Å²) in [4.78, 5) is 27.3. The number of anilines is 1. The summed E-state index contributed by atoms with van der Waals surface area (Å²) in [6.07, 6.45) is 1.07. The van der Waals surface area contributed by atoms with E-state index in [1.165, 1.54) is 6.07 Å². The minimum Gasteiger partial charge on any atom is -0.454 e. The molecule has 2 aliphatic rings. The van der Waals surface area contributed by atoms with E-state index in [0.717, 1.165) is 0 Å². The minimum atomic E-state index is -0.487. The number of carbonyl (C=O) groups is 2. The molecule has 5 rings (SSSR count). The van der Waals surface area contributed by atoms with Gasteiger partial charge in [-0.05, 0) is 38.0 Å². The lowest BCUT2D eigenvalue weighted by atomic mass is 9.95. The number of para-hydroxylation sites is 1. The molecule has 1 fully saturated rings. The molecule has 2 aliphatic heterocycles. The van der Waals surface area contributed by atoms with E-state index in [1.807, 2.05) is 0 Å². The average molecular weight is 424 g/mol. The van der Waals surface area contributed by atoms with Crippen LogP contribution in [0.3, 0.4) is 0 Å². The molecular weight excluding hydrogens is 403 g/mol. The van der Waals surface area contributed by atoms with Crippen molar-refractivity contribution in [3.63, 3.8) is 0 Å². The fourth-order valence-electron chi connectivity index (χ4n) is 4.12. The molecule has 2 amide bonds. The molecule has 0 radical (unpaired) electrons. The van der Waals surface area contributed by atoms with Gasteiger partial charge in [-0.1, -0.05) is 12.1 Å². The molecule has 1 saturated heterocycles. The van der Waals surface area contributed by atoms with Crippen molar-refractivity contribution >= 4 is 28.5 Å². The Labute approximate surface area is 177 Å². The van der Waals surface area contributed by atoms with E-state index < -0.39 is 5.82 Å². The number of amides is 2. The van der Waals surface area contributed by atoms with Crippen LogP contribution in [-0.4, -0.2) is 36.6 Å². The molecule has 31 heavy (non-hydrogen) atoms. The quantitative estimate of drug-likeness (QED) is 0.685. The number of fused-ring (bicyclic) bond motifs is 2. The topological polar surface area (TPSA) is 81.0 Å². The Morgan fingerprint density at radius 2 is 1.87 bits per heavy atom. The molecule has 0 aliphatic carbocycles. The van der Waals surface area contributed by atoms with Gasteiger partial charge < -0.3 is 24.1 Å². The molecular formula is C23H21FN2O5. The number of aryl methyl sites for hydroxylation is 1. The van der Waals surface area contributed by atoms with Gasteiger partial charge in [0.1, 0.15) is 0 Å². The zero-order chi connectivity index (χ0) is 21.5. The van der Waals surface area contributed by atoms with E-state index >= 15 is 0 Å². The van der Waals surface area contributed by atoms with Gasteiger partial charge in [0.15, 0.2) is 28.7 Å². The summed E-state index contributed by atoms with van der Waals surface area (Å²) in [6.45, 7) is 2.79. The number of rotatable bonds is 3. The van der Waals surface area contributed by atoms with Gasteiger partial charge in [-0.2, -0.15) is 0 Å². The second-order valence-corrected chi connectivity index (χ2v) is 7.80. The number of piperidine rings is 1. The first kappa shape index (κ1) is 19.4. The van der Waals surface area contributed by atoms with Crippen LogP contribution < -0.4 is 14.8 Å². The number of furan rings is 1. The van der Waals surface area contributed by atoms with E-state index in [0.29, 0.717) is 54.1 Å². The van der Waals surface area contributed by atoms with Crippen LogP contribution in [0.5, 0.6) is 11.5 Å². The normalized spacial score (nSPS) is 16.0. The third kappa shape index (κ3) is 3.48. The molecule has 0 bridgehead atoms. The second-order valence-electron chi connectivity index (χ2n) is 7.80. The molecule has 0 atom stereocenters. The molecule has 0 spiro atoms. The Bertz CT molecular complexity index is 1180. The zero-order valence-electron chi connectivity index (χ0n) is 16.9. The van der Waals surface area contributed by atoms with Crippen molar-refractivity contribution in [2.45, 2.75) is 19.8 Å². The summed E-state index contributed by atoms with van der Waals surface area (Å²) >= 11 is 0. The van der Waals surface area contributed by atoms with Gasteiger partial charge in [-0.3, -0.25) is 9.59 Å². The van der Waals surface area contributed by atoms with E-state index in [1.54, 1.807) is 42.2 Å². The minimum absolute atomic E-state index is 0.0899. The summed E-state index contributed by atoms with van der Waals surface area (Å²) in [7, 11) is 0. The van der Waals surface area contributed by atoms with E-state index in [9.17, 15) is 14.0 Å². The predicted molar refractivity (Wildman–Crippen MR) is 111 cm³/mol. The highest BCUT2D eigenvalue weighted by Crippen LogP contribution is 2.35. The van der Waals surface area contributed by atoms with Crippen LogP contribution in [0, 0.1) is 18.7 Å². The van der Waals surface area contributed by atoms with Gasteiger partial charge >= 0.3 is 0 Å². The van der Waals surface area contributed by atoms with Crippen LogP contribution in [0.2, 0.25) is 0 Å². The number of hydrogen-bond donors (Lipinski definition) is 1. The fraction of sp³-hybridized carbons (Fsp3) is 0.304. The van der Waals surface area contributed by atoms with Gasteiger partial charge in [0, 0.05) is 41.7 Å². The average Bonchev–Trinajstić information content (AvgIpc) is 3.38. The summed E-state index contributed by atoms with van der Waals surface area (Å²) in [5.74, 6) is 0.364. The van der Waals surface area contributed by atoms with Crippen LogP contribution in [-0.2, 0) is 4.79 Å². The van der Waals surface area contributed by atoms with Gasteiger partial charge in [-0.15, -0.1) is 0 Å². The first-order valence-electron chi connectivity index (χ1n) is 10.2. The molecule has 0 unspecified atom stereocenters. The Hall–Kier alpha value is -3.55. The molecule has 3 aromatic rings. The lowest BCUT2D eigenvalue weighted by Crippen LogP contribution is -2.41. The summed E-state index contributed by atoms with van der Waals surface area (Å²) in [6, 6.07) is 9.91. The standard InChI is InChI=1S/C23H21FN2O5/c1-13-16-3-2-4-17(24)21(16)31-20(13)23(28)26-9-7-14(8-10-26)22(27)25-15-5-6-18-19(11-15)30-12-29-18/h2-6,11,14H,7-10,12H2,1H3,(H,25,27). The smallest absolute Gasteiger partial charge is 0.289 e. The van der Waals surface area contributed by atoms with Crippen LogP contribution in [0.1, 0.15) is 29.0 Å². The van der Waals surface area contributed by atoms with Gasteiger partial charge in [-0.25, -0.2) is 4.39 Å². The Morgan fingerprint density at radius 3 is 2.65 bits per heavy atom. The molecule has 3 heterocycles. The van der Waals surface area contributed by atoms with Gasteiger partial charge in [0.05, 0.1) is 0 Å². The van der Waals surface area contributed by atoms with Crippen molar-refractivity contribution in [3.05, 3.63) is 53.5 Å². The SMILES string of the molecule is Cc1c(C(=O)N2CCC(C(=O)Nc3ccc4c(c3)OCO4)CC2)oc2c(F)cccc12. The van der Waals surface area contributed by atoms with Crippen LogP contribution in [0.15, 0.2) is 40.8 Å². The fourth-order valence-corrected chi connectivity index (χ4v) is 4.12. The molecule has 8 heteroatoms. The molecule has 2 aromatic carbocycles. The van der Waals surface area contributed by atoms with Gasteiger partial charge in [0.25, 0.3) is 5.91 Å². The molecule has 7 nitrogen and oxygen atoms in total. The summed E-state index contributed by atoms with van der Waals surface area (Å²) in [5.41, 5.74) is 1.37. The number of ether oxygens (including phenoxy) is 2. The highest BCUT2D eigenvalue weighted by Gasteiger charge is 2.31. The monoisotopic (exact) mass is 424 g/mol. The van der Waals surface area contributed by atoms with Crippen LogP contribution in [0.4, 0.5) is 10.1 Å². The Balaban J connectivity index is 1.23. The van der Waals surface area contributed by atoms with Crippen molar-refractivity contribution < 1.29 is 27.9 Å². The Morgan fingerprint density at radius 1 is 1.10 bits per heavy atom. The first-order valence-corrected chi connectivity index (χ1v) is 10.2. The lowest BCUT2D eigenvalue weighted by molar-refractivity contribution is -0.121. The lowest BCUT2D eigenvalue weighted by Gasteiger charge is -2.31. The van der Waals surface area contributed by atoms with Crippen LogP contribution in [0.25, 0.3) is 11.0 Å². The number of likely N-dealkylation sites (tertiary alicyclic amines) is 1.